The fourth-order valence-corrected chi connectivity index (χ4v) is 1.28. The van der Waals surface area contributed by atoms with E-state index < -0.39 is 11.8 Å². The van der Waals surface area contributed by atoms with E-state index in [0.29, 0.717) is 12.8 Å². The Kier molecular flexibility index (Phi) is 1.75. The second-order valence-corrected chi connectivity index (χ2v) is 3.04. The molecule has 0 heterocycles. The lowest BCUT2D eigenvalue weighted by Gasteiger charge is -2.30. The molecule has 0 aromatic carbocycles. The summed E-state index contributed by atoms with van der Waals surface area (Å²) < 4.78 is 13.0. The number of aliphatic hydroxyl groups is 1. The molecule has 0 aromatic heterocycles. The van der Waals surface area contributed by atoms with Crippen LogP contribution in [-0.4, -0.2) is 16.9 Å². The summed E-state index contributed by atoms with van der Waals surface area (Å²) in [6, 6.07) is 0. The summed E-state index contributed by atoms with van der Waals surface area (Å²) in [5.74, 6) is 0. The first-order chi connectivity index (χ1) is 4.13. The fraction of sp³-hybridized carbons (Fsp3) is 1.00. The van der Waals surface area contributed by atoms with Crippen molar-refractivity contribution < 1.29 is 9.50 Å². The normalized spacial score (nSPS) is 45.0. The van der Waals surface area contributed by atoms with Crippen LogP contribution < -0.4 is 0 Å². The summed E-state index contributed by atoms with van der Waals surface area (Å²) in [7, 11) is 0. The van der Waals surface area contributed by atoms with Crippen LogP contribution in [0.3, 0.4) is 0 Å². The monoisotopic (exact) mass is 132 g/mol. The van der Waals surface area contributed by atoms with E-state index in [9.17, 15) is 4.39 Å². The van der Waals surface area contributed by atoms with Gasteiger partial charge in [-0.1, -0.05) is 12.8 Å². The lowest BCUT2D eigenvalue weighted by Crippen LogP contribution is -2.37. The predicted molar refractivity (Wildman–Crippen MR) is 34.0 cm³/mol. The second-order valence-electron chi connectivity index (χ2n) is 3.04. The van der Waals surface area contributed by atoms with Crippen LogP contribution in [0.25, 0.3) is 0 Å². The van der Waals surface area contributed by atoms with Crippen molar-refractivity contribution in [1.29, 1.82) is 0 Å². The molecule has 0 radical (unpaired) electrons. The Balaban J connectivity index is 2.49. The van der Waals surface area contributed by atoms with Crippen molar-refractivity contribution >= 4 is 0 Å². The van der Waals surface area contributed by atoms with Crippen LogP contribution in [0.15, 0.2) is 0 Å². The molecule has 1 unspecified atom stereocenters. The van der Waals surface area contributed by atoms with Crippen LogP contribution in [0, 0.1) is 0 Å². The molecule has 2 atom stereocenters. The van der Waals surface area contributed by atoms with Crippen molar-refractivity contribution in [2.45, 2.75) is 44.4 Å². The van der Waals surface area contributed by atoms with Crippen molar-refractivity contribution in [3.05, 3.63) is 0 Å². The van der Waals surface area contributed by atoms with Gasteiger partial charge in [-0.05, 0) is 19.8 Å². The molecular weight excluding hydrogens is 119 g/mol. The number of hydrogen-bond acceptors (Lipinski definition) is 1. The quantitative estimate of drug-likeness (QED) is 0.531. The number of halogens is 1. The van der Waals surface area contributed by atoms with Crippen LogP contribution in [0.2, 0.25) is 0 Å². The molecule has 9 heavy (non-hydrogen) atoms. The van der Waals surface area contributed by atoms with Crippen molar-refractivity contribution in [2.24, 2.45) is 0 Å². The lowest BCUT2D eigenvalue weighted by atomic mass is 9.85. The van der Waals surface area contributed by atoms with Crippen LogP contribution in [-0.2, 0) is 0 Å². The standard InChI is InChI=1S/C7H13FO/c1-7(8)5-3-2-4-6(7)9/h6,9H,2-5H2,1H3/t6?,7-/m0/s1. The summed E-state index contributed by atoms with van der Waals surface area (Å²) in [6.07, 6.45) is 2.33. The van der Waals surface area contributed by atoms with Crippen molar-refractivity contribution in [1.82, 2.24) is 0 Å². The van der Waals surface area contributed by atoms with E-state index in [1.807, 2.05) is 0 Å². The third kappa shape index (κ3) is 1.42. The molecule has 1 nitrogen and oxygen atoms in total. The van der Waals surface area contributed by atoms with Crippen molar-refractivity contribution in [2.75, 3.05) is 0 Å². The van der Waals surface area contributed by atoms with Crippen LogP contribution in [0.4, 0.5) is 4.39 Å². The maximum Gasteiger partial charge on any atom is 0.134 e. The Morgan fingerprint density at radius 2 is 2.22 bits per heavy atom. The minimum Gasteiger partial charge on any atom is -0.390 e. The maximum absolute atomic E-state index is 13.0. The average molecular weight is 132 g/mol. The van der Waals surface area contributed by atoms with Gasteiger partial charge >= 0.3 is 0 Å². The van der Waals surface area contributed by atoms with Crippen LogP contribution in [0.1, 0.15) is 32.6 Å². The van der Waals surface area contributed by atoms with E-state index in [4.69, 9.17) is 5.11 Å². The molecule has 0 amide bonds. The zero-order chi connectivity index (χ0) is 6.91. The van der Waals surface area contributed by atoms with Gasteiger partial charge < -0.3 is 5.11 Å². The molecule has 2 heteroatoms. The molecule has 1 fully saturated rings. The van der Waals surface area contributed by atoms with E-state index in [-0.39, 0.29) is 0 Å². The highest BCUT2D eigenvalue weighted by Crippen LogP contribution is 2.31. The SMILES string of the molecule is C[C@]1(F)CCCCC1O. The van der Waals surface area contributed by atoms with Gasteiger partial charge in [-0.2, -0.15) is 0 Å². The summed E-state index contributed by atoms with van der Waals surface area (Å²) >= 11 is 0. The smallest absolute Gasteiger partial charge is 0.134 e. The van der Waals surface area contributed by atoms with Gasteiger partial charge in [0, 0.05) is 0 Å². The Hall–Kier alpha value is -0.110. The molecular formula is C7H13FO. The molecule has 1 saturated carbocycles. The lowest BCUT2D eigenvalue weighted by molar-refractivity contribution is -0.0268. The minimum absolute atomic E-state index is 0.522. The molecule has 1 N–H and O–H groups in total. The summed E-state index contributed by atoms with van der Waals surface area (Å²) in [5.41, 5.74) is -1.31. The zero-order valence-electron chi connectivity index (χ0n) is 5.73. The Labute approximate surface area is 54.9 Å². The Bertz CT molecular complexity index is 101. The Morgan fingerprint density at radius 3 is 2.56 bits per heavy atom. The van der Waals surface area contributed by atoms with E-state index in [0.717, 1.165) is 12.8 Å². The minimum atomic E-state index is -1.31. The predicted octanol–water partition coefficient (Wildman–Crippen LogP) is 1.65. The first-order valence-corrected chi connectivity index (χ1v) is 3.50. The van der Waals surface area contributed by atoms with Crippen LogP contribution in [0.5, 0.6) is 0 Å². The molecule has 0 saturated heterocycles. The van der Waals surface area contributed by atoms with E-state index >= 15 is 0 Å². The molecule has 1 aliphatic rings. The largest absolute Gasteiger partial charge is 0.390 e. The fourth-order valence-electron chi connectivity index (χ4n) is 1.28. The second kappa shape index (κ2) is 2.25. The van der Waals surface area contributed by atoms with Crippen LogP contribution >= 0.6 is 0 Å². The molecule has 0 aromatic rings. The molecule has 0 spiro atoms. The molecule has 0 bridgehead atoms. The highest BCUT2D eigenvalue weighted by molar-refractivity contribution is 4.85. The van der Waals surface area contributed by atoms with Gasteiger partial charge in [0.15, 0.2) is 0 Å². The van der Waals surface area contributed by atoms with Gasteiger partial charge in [0.25, 0.3) is 0 Å². The summed E-state index contributed by atoms with van der Waals surface area (Å²) in [6.45, 7) is 1.48. The van der Waals surface area contributed by atoms with Gasteiger partial charge in [-0.3, -0.25) is 0 Å². The number of alkyl halides is 1. The molecule has 1 rings (SSSR count). The number of aliphatic hydroxyl groups excluding tert-OH is 1. The van der Waals surface area contributed by atoms with Gasteiger partial charge in [-0.15, -0.1) is 0 Å². The van der Waals surface area contributed by atoms with Gasteiger partial charge in [0.05, 0.1) is 6.10 Å². The Morgan fingerprint density at radius 1 is 1.56 bits per heavy atom. The third-order valence-corrected chi connectivity index (χ3v) is 2.09. The van der Waals surface area contributed by atoms with Gasteiger partial charge in [0.2, 0.25) is 0 Å². The van der Waals surface area contributed by atoms with Crippen molar-refractivity contribution in [3.63, 3.8) is 0 Å². The third-order valence-electron chi connectivity index (χ3n) is 2.09. The van der Waals surface area contributed by atoms with Crippen molar-refractivity contribution in [3.8, 4) is 0 Å². The molecule has 1 aliphatic carbocycles. The van der Waals surface area contributed by atoms with E-state index in [1.54, 1.807) is 0 Å². The first kappa shape index (κ1) is 7.00. The van der Waals surface area contributed by atoms with E-state index in [1.165, 1.54) is 6.92 Å². The van der Waals surface area contributed by atoms with Gasteiger partial charge in [-0.25, -0.2) is 4.39 Å². The number of hydrogen-bond donors (Lipinski definition) is 1. The molecule has 54 valence electrons. The first-order valence-electron chi connectivity index (χ1n) is 3.50. The highest BCUT2D eigenvalue weighted by atomic mass is 19.1. The van der Waals surface area contributed by atoms with E-state index in [2.05, 4.69) is 0 Å². The molecule has 0 aliphatic heterocycles. The zero-order valence-corrected chi connectivity index (χ0v) is 5.73. The highest BCUT2D eigenvalue weighted by Gasteiger charge is 2.34. The maximum atomic E-state index is 13.0. The number of rotatable bonds is 0. The topological polar surface area (TPSA) is 20.2 Å². The summed E-state index contributed by atoms with van der Waals surface area (Å²) in [5, 5.41) is 9.06. The summed E-state index contributed by atoms with van der Waals surface area (Å²) in [4.78, 5) is 0. The average Bonchev–Trinajstić information content (AvgIpc) is 1.77. The van der Waals surface area contributed by atoms with Gasteiger partial charge in [0.1, 0.15) is 5.67 Å².